The van der Waals surface area contributed by atoms with Gasteiger partial charge in [-0.25, -0.2) is 4.79 Å². The van der Waals surface area contributed by atoms with Crippen molar-refractivity contribution in [1.29, 1.82) is 0 Å². The number of urea groups is 1. The molecule has 27 heavy (non-hydrogen) atoms. The maximum atomic E-state index is 12.2. The van der Waals surface area contributed by atoms with Crippen LogP contribution in [0.4, 0.5) is 23.7 Å². The third-order valence-electron chi connectivity index (χ3n) is 4.07. The minimum absolute atomic E-state index is 0.0863. The highest BCUT2D eigenvalue weighted by atomic mass is 19.4. The van der Waals surface area contributed by atoms with E-state index in [0.29, 0.717) is 31.6 Å². The lowest BCUT2D eigenvalue weighted by molar-refractivity contribution is -0.125. The lowest BCUT2D eigenvalue weighted by atomic mass is 9.96. The molecule has 0 aliphatic carbocycles. The zero-order valence-corrected chi connectivity index (χ0v) is 14.5. The van der Waals surface area contributed by atoms with E-state index in [1.54, 1.807) is 22.3 Å². The minimum atomic E-state index is -4.54. The quantitative estimate of drug-likeness (QED) is 0.719. The van der Waals surface area contributed by atoms with Crippen LogP contribution in [-0.2, 0) is 9.59 Å². The van der Waals surface area contributed by atoms with E-state index in [-0.39, 0.29) is 18.4 Å². The fraction of sp³-hybridized carbons (Fsp3) is 0.471. The van der Waals surface area contributed by atoms with E-state index < -0.39 is 24.7 Å². The highest BCUT2D eigenvalue weighted by Gasteiger charge is 2.29. The minimum Gasteiger partial charge on any atom is -0.329 e. The number of imide groups is 1. The number of halogens is 3. The Balaban J connectivity index is 1.68. The number of carbonyl (C=O) groups is 3. The summed E-state index contributed by atoms with van der Waals surface area (Å²) in [6.45, 7) is -0.671. The maximum Gasteiger partial charge on any atom is 0.405 e. The summed E-state index contributed by atoms with van der Waals surface area (Å²) in [6, 6.07) is 7.89. The largest absolute Gasteiger partial charge is 0.405 e. The van der Waals surface area contributed by atoms with Gasteiger partial charge in [-0.15, -0.1) is 0 Å². The number of para-hydroxylation sites is 1. The van der Waals surface area contributed by atoms with Crippen molar-refractivity contribution in [1.82, 2.24) is 15.5 Å². The molecule has 3 N–H and O–H groups in total. The fourth-order valence-electron chi connectivity index (χ4n) is 2.71. The van der Waals surface area contributed by atoms with Crippen LogP contribution < -0.4 is 16.0 Å². The summed E-state index contributed by atoms with van der Waals surface area (Å²) in [5.74, 6) is -0.960. The van der Waals surface area contributed by atoms with Crippen molar-refractivity contribution < 1.29 is 27.6 Å². The number of nitrogens with zero attached hydrogens (tertiary/aromatic N) is 1. The second-order valence-electron chi connectivity index (χ2n) is 6.25. The Hall–Kier alpha value is -2.62. The molecule has 10 heteroatoms. The summed E-state index contributed by atoms with van der Waals surface area (Å²) in [7, 11) is 0. The molecule has 0 bridgehead atoms. The summed E-state index contributed by atoms with van der Waals surface area (Å²) in [5.41, 5.74) is 0.717. The van der Waals surface area contributed by atoms with Gasteiger partial charge in [0.2, 0.25) is 11.8 Å². The molecule has 0 saturated carbocycles. The number of nitrogens with one attached hydrogen (secondary N) is 3. The van der Waals surface area contributed by atoms with Crippen LogP contribution >= 0.6 is 0 Å². The Labute approximate surface area is 154 Å². The van der Waals surface area contributed by atoms with E-state index >= 15 is 0 Å². The molecule has 0 aromatic heterocycles. The van der Waals surface area contributed by atoms with Crippen LogP contribution in [0.3, 0.4) is 0 Å². The molecule has 7 nitrogen and oxygen atoms in total. The summed E-state index contributed by atoms with van der Waals surface area (Å²) in [6.07, 6.45) is -3.44. The van der Waals surface area contributed by atoms with Gasteiger partial charge in [0, 0.05) is 11.6 Å². The molecule has 0 atom stereocenters. The Morgan fingerprint density at radius 1 is 1.07 bits per heavy atom. The number of hydrogen-bond donors (Lipinski definition) is 3. The van der Waals surface area contributed by atoms with E-state index in [1.165, 1.54) is 0 Å². The van der Waals surface area contributed by atoms with Crippen LogP contribution in [0.25, 0.3) is 0 Å². The number of benzene rings is 1. The van der Waals surface area contributed by atoms with E-state index in [2.05, 4.69) is 5.32 Å². The molecular formula is C17H21F3N4O3. The van der Waals surface area contributed by atoms with Crippen molar-refractivity contribution in [2.75, 3.05) is 31.5 Å². The monoisotopic (exact) mass is 386 g/mol. The zero-order valence-electron chi connectivity index (χ0n) is 14.5. The molecular weight excluding hydrogens is 365 g/mol. The van der Waals surface area contributed by atoms with Gasteiger partial charge in [0.05, 0.1) is 6.54 Å². The van der Waals surface area contributed by atoms with Crippen molar-refractivity contribution in [3.63, 3.8) is 0 Å². The van der Waals surface area contributed by atoms with Crippen molar-refractivity contribution in [3.8, 4) is 0 Å². The normalized spacial score (nSPS) is 15.8. The Kier molecular flexibility index (Phi) is 7.17. The lowest BCUT2D eigenvalue weighted by Crippen LogP contribution is -2.48. The third kappa shape index (κ3) is 7.65. The van der Waals surface area contributed by atoms with Crippen molar-refractivity contribution in [3.05, 3.63) is 30.3 Å². The number of anilines is 1. The zero-order chi connectivity index (χ0) is 19.9. The standard InChI is InChI=1S/C17H21F3N4O3/c18-17(19,20)11-21-16(27)23-14(25)10-24-8-6-12(7-9-24)15(26)22-13-4-2-1-3-5-13/h1-5,12H,6-11H2,(H,22,26)(H2,21,23,25,27). The molecule has 0 unspecified atom stereocenters. The Morgan fingerprint density at radius 2 is 1.70 bits per heavy atom. The SMILES string of the molecule is O=C(CN1CCC(C(=O)Nc2ccccc2)CC1)NC(=O)NCC(F)(F)F. The molecule has 1 aromatic rings. The predicted octanol–water partition coefficient (Wildman–Crippen LogP) is 1.73. The average Bonchev–Trinajstić information content (AvgIpc) is 2.61. The second kappa shape index (κ2) is 9.36. The van der Waals surface area contributed by atoms with Crippen LogP contribution in [0, 0.1) is 5.92 Å². The van der Waals surface area contributed by atoms with Crippen LogP contribution in [0.15, 0.2) is 30.3 Å². The van der Waals surface area contributed by atoms with Gasteiger partial charge < -0.3 is 10.6 Å². The van der Waals surface area contributed by atoms with Crippen LogP contribution in [-0.4, -0.2) is 55.1 Å². The number of alkyl halides is 3. The number of amides is 4. The van der Waals surface area contributed by atoms with Crippen molar-refractivity contribution in [2.45, 2.75) is 19.0 Å². The molecule has 148 valence electrons. The van der Waals surface area contributed by atoms with Crippen LogP contribution in [0.1, 0.15) is 12.8 Å². The second-order valence-corrected chi connectivity index (χ2v) is 6.25. The number of carbonyl (C=O) groups excluding carboxylic acids is 3. The molecule has 1 saturated heterocycles. The maximum absolute atomic E-state index is 12.2. The smallest absolute Gasteiger partial charge is 0.329 e. The molecule has 2 rings (SSSR count). The van der Waals surface area contributed by atoms with Gasteiger partial charge in [0.1, 0.15) is 6.54 Å². The molecule has 1 fully saturated rings. The Morgan fingerprint density at radius 3 is 2.30 bits per heavy atom. The van der Waals surface area contributed by atoms with E-state index in [1.807, 2.05) is 23.5 Å². The van der Waals surface area contributed by atoms with E-state index in [4.69, 9.17) is 0 Å². The number of likely N-dealkylation sites (tertiary alicyclic amines) is 1. The van der Waals surface area contributed by atoms with E-state index in [0.717, 1.165) is 0 Å². The summed E-state index contributed by atoms with van der Waals surface area (Å²) >= 11 is 0. The van der Waals surface area contributed by atoms with Crippen LogP contribution in [0.2, 0.25) is 0 Å². The van der Waals surface area contributed by atoms with Gasteiger partial charge in [-0.05, 0) is 38.1 Å². The summed E-state index contributed by atoms with van der Waals surface area (Å²) < 4.78 is 36.0. The average molecular weight is 386 g/mol. The van der Waals surface area contributed by atoms with Gasteiger partial charge in [-0.1, -0.05) is 18.2 Å². The molecule has 1 aliphatic rings. The molecule has 1 aromatic carbocycles. The number of piperidine rings is 1. The highest BCUT2D eigenvalue weighted by Crippen LogP contribution is 2.19. The van der Waals surface area contributed by atoms with Gasteiger partial charge >= 0.3 is 12.2 Å². The molecule has 1 heterocycles. The number of rotatable bonds is 5. The number of hydrogen-bond acceptors (Lipinski definition) is 4. The van der Waals surface area contributed by atoms with E-state index in [9.17, 15) is 27.6 Å². The molecule has 0 radical (unpaired) electrons. The first-order chi connectivity index (χ1) is 12.7. The predicted molar refractivity (Wildman–Crippen MR) is 91.8 cm³/mol. The lowest BCUT2D eigenvalue weighted by Gasteiger charge is -2.30. The third-order valence-corrected chi connectivity index (χ3v) is 4.07. The summed E-state index contributed by atoms with van der Waals surface area (Å²) in [5, 5.41) is 6.26. The topological polar surface area (TPSA) is 90.5 Å². The highest BCUT2D eigenvalue weighted by molar-refractivity contribution is 5.95. The molecule has 1 aliphatic heterocycles. The first-order valence-electron chi connectivity index (χ1n) is 8.45. The molecule has 0 spiro atoms. The van der Waals surface area contributed by atoms with Crippen molar-refractivity contribution in [2.24, 2.45) is 5.92 Å². The van der Waals surface area contributed by atoms with Crippen molar-refractivity contribution >= 4 is 23.5 Å². The molecule has 4 amide bonds. The van der Waals surface area contributed by atoms with Gasteiger partial charge in [-0.2, -0.15) is 13.2 Å². The first-order valence-corrected chi connectivity index (χ1v) is 8.45. The fourth-order valence-corrected chi connectivity index (χ4v) is 2.71. The van der Waals surface area contributed by atoms with Gasteiger partial charge in [0.15, 0.2) is 0 Å². The first kappa shape index (κ1) is 20.7. The van der Waals surface area contributed by atoms with Crippen LogP contribution in [0.5, 0.6) is 0 Å². The Bertz CT molecular complexity index is 659. The summed E-state index contributed by atoms with van der Waals surface area (Å²) in [4.78, 5) is 37.0. The van der Waals surface area contributed by atoms with Gasteiger partial charge in [0.25, 0.3) is 0 Å². The van der Waals surface area contributed by atoms with Gasteiger partial charge in [-0.3, -0.25) is 19.8 Å².